The minimum Gasteiger partial charge on any atom is -0.481 e. The zero-order valence-corrected chi connectivity index (χ0v) is 8.53. The van der Waals surface area contributed by atoms with E-state index < -0.39 is 5.97 Å². The average molecular weight is 205 g/mol. The summed E-state index contributed by atoms with van der Waals surface area (Å²) in [6.07, 6.45) is 0.146. The number of hydrogen-bond acceptors (Lipinski definition) is 1. The highest BCUT2D eigenvalue weighted by Crippen LogP contribution is 2.08. The van der Waals surface area contributed by atoms with Crippen molar-refractivity contribution in [3.63, 3.8) is 0 Å². The molecule has 0 amide bonds. The zero-order valence-electron chi connectivity index (χ0n) is 8.53. The molecular weight excluding hydrogens is 192 g/mol. The normalized spacial score (nSPS) is 10.7. The van der Waals surface area contributed by atoms with Gasteiger partial charge in [-0.2, -0.15) is 0 Å². The van der Waals surface area contributed by atoms with Crippen LogP contribution in [-0.4, -0.2) is 16.1 Å². The summed E-state index contributed by atoms with van der Waals surface area (Å²) < 4.78 is 1.99. The van der Waals surface area contributed by atoms with Crippen LogP contribution in [0.2, 0.25) is 0 Å². The SMILES string of the molecule is Cc1[nH]c2ccccc2[n+]1CCC(=O)O. The summed E-state index contributed by atoms with van der Waals surface area (Å²) in [4.78, 5) is 13.7. The van der Waals surface area contributed by atoms with E-state index in [0.717, 1.165) is 16.9 Å². The fourth-order valence-corrected chi connectivity index (χ4v) is 1.75. The average Bonchev–Trinajstić information content (AvgIpc) is 2.50. The van der Waals surface area contributed by atoms with Crippen molar-refractivity contribution in [2.45, 2.75) is 19.9 Å². The van der Waals surface area contributed by atoms with Crippen LogP contribution in [0, 0.1) is 6.92 Å². The standard InChI is InChI=1S/C11H12N2O2/c1-8-12-9-4-2-3-5-10(9)13(8)7-6-11(14)15/h2-5H,6-7H2,1H3,(H,14,15)/p+1. The van der Waals surface area contributed by atoms with Crippen LogP contribution >= 0.6 is 0 Å². The van der Waals surface area contributed by atoms with Gasteiger partial charge in [0.1, 0.15) is 6.54 Å². The highest BCUT2D eigenvalue weighted by atomic mass is 16.4. The van der Waals surface area contributed by atoms with Crippen molar-refractivity contribution in [1.82, 2.24) is 4.98 Å². The van der Waals surface area contributed by atoms with Gasteiger partial charge in [-0.25, -0.2) is 9.55 Å². The number of carbonyl (C=O) groups is 1. The first-order chi connectivity index (χ1) is 7.18. The van der Waals surface area contributed by atoms with Crippen LogP contribution in [0.5, 0.6) is 0 Å². The summed E-state index contributed by atoms with van der Waals surface area (Å²) >= 11 is 0. The van der Waals surface area contributed by atoms with Crippen LogP contribution in [0.25, 0.3) is 11.0 Å². The number of carboxylic acids is 1. The Morgan fingerprint density at radius 1 is 1.47 bits per heavy atom. The number of aromatic nitrogens is 2. The van der Waals surface area contributed by atoms with E-state index in [1.54, 1.807) is 0 Å². The molecule has 2 rings (SSSR count). The topological polar surface area (TPSA) is 57.0 Å². The highest BCUT2D eigenvalue weighted by Gasteiger charge is 2.14. The van der Waals surface area contributed by atoms with E-state index in [4.69, 9.17) is 5.11 Å². The van der Waals surface area contributed by atoms with Crippen molar-refractivity contribution in [3.8, 4) is 0 Å². The number of imidazole rings is 1. The van der Waals surface area contributed by atoms with Gasteiger partial charge in [0.25, 0.3) is 5.82 Å². The van der Waals surface area contributed by atoms with Gasteiger partial charge in [0.15, 0.2) is 11.0 Å². The van der Waals surface area contributed by atoms with Gasteiger partial charge in [0.2, 0.25) is 0 Å². The third kappa shape index (κ3) is 1.83. The maximum atomic E-state index is 10.5. The van der Waals surface area contributed by atoms with Gasteiger partial charge >= 0.3 is 5.97 Å². The molecule has 0 saturated heterocycles. The van der Waals surface area contributed by atoms with Crippen molar-refractivity contribution in [1.29, 1.82) is 0 Å². The number of H-pyrrole nitrogens is 1. The fraction of sp³-hybridized carbons (Fsp3) is 0.273. The summed E-state index contributed by atoms with van der Waals surface area (Å²) in [5, 5.41) is 8.65. The largest absolute Gasteiger partial charge is 0.481 e. The number of aryl methyl sites for hydroxylation is 2. The predicted molar refractivity (Wildman–Crippen MR) is 55.5 cm³/mol. The summed E-state index contributed by atoms with van der Waals surface area (Å²) in [6, 6.07) is 7.88. The molecule has 0 aliphatic carbocycles. The Labute approximate surface area is 87.2 Å². The molecule has 4 nitrogen and oxygen atoms in total. The van der Waals surface area contributed by atoms with Gasteiger partial charge in [-0.3, -0.25) is 4.79 Å². The molecule has 2 aromatic rings. The number of rotatable bonds is 3. The van der Waals surface area contributed by atoms with Gasteiger partial charge in [-0.05, 0) is 12.1 Å². The molecular formula is C11H13N2O2+. The Morgan fingerprint density at radius 3 is 2.93 bits per heavy atom. The van der Waals surface area contributed by atoms with E-state index in [2.05, 4.69) is 4.98 Å². The molecule has 0 bridgehead atoms. The van der Waals surface area contributed by atoms with E-state index in [-0.39, 0.29) is 6.42 Å². The second-order valence-electron chi connectivity index (χ2n) is 3.52. The number of benzene rings is 1. The third-order valence-corrected chi connectivity index (χ3v) is 2.46. The van der Waals surface area contributed by atoms with Gasteiger partial charge in [-0.1, -0.05) is 12.1 Å². The van der Waals surface area contributed by atoms with E-state index in [0.29, 0.717) is 6.54 Å². The molecule has 0 radical (unpaired) electrons. The summed E-state index contributed by atoms with van der Waals surface area (Å²) in [5.41, 5.74) is 2.09. The maximum Gasteiger partial charge on any atom is 0.307 e. The molecule has 0 unspecified atom stereocenters. The van der Waals surface area contributed by atoms with E-state index in [1.807, 2.05) is 35.8 Å². The predicted octanol–water partition coefficient (Wildman–Crippen LogP) is 1.24. The molecule has 0 fully saturated rings. The lowest BCUT2D eigenvalue weighted by atomic mass is 10.3. The lowest BCUT2D eigenvalue weighted by Crippen LogP contribution is -2.36. The lowest BCUT2D eigenvalue weighted by Gasteiger charge is -1.96. The summed E-state index contributed by atoms with van der Waals surface area (Å²) in [5.74, 6) is 0.213. The first-order valence-corrected chi connectivity index (χ1v) is 4.87. The minimum atomic E-state index is -0.771. The Kier molecular flexibility index (Phi) is 2.41. The molecule has 0 saturated carbocycles. The molecule has 2 N–H and O–H groups in total. The molecule has 0 aliphatic heterocycles. The monoisotopic (exact) mass is 205 g/mol. The van der Waals surface area contributed by atoms with Crippen LogP contribution in [-0.2, 0) is 11.3 Å². The van der Waals surface area contributed by atoms with E-state index in [9.17, 15) is 4.79 Å². The van der Waals surface area contributed by atoms with Crippen LogP contribution < -0.4 is 4.57 Å². The molecule has 15 heavy (non-hydrogen) atoms. The first-order valence-electron chi connectivity index (χ1n) is 4.87. The number of nitrogens with zero attached hydrogens (tertiary/aromatic N) is 1. The Balaban J connectivity index is 2.40. The van der Waals surface area contributed by atoms with Crippen molar-refractivity contribution >= 4 is 17.0 Å². The molecule has 0 spiro atoms. The minimum absolute atomic E-state index is 0.146. The number of fused-ring (bicyclic) bond motifs is 1. The van der Waals surface area contributed by atoms with E-state index >= 15 is 0 Å². The van der Waals surface area contributed by atoms with Crippen LogP contribution in [0.3, 0.4) is 0 Å². The third-order valence-electron chi connectivity index (χ3n) is 2.46. The number of nitrogens with one attached hydrogen (secondary N) is 1. The molecule has 78 valence electrons. The van der Waals surface area contributed by atoms with Gasteiger partial charge in [-0.15, -0.1) is 0 Å². The summed E-state index contributed by atoms with van der Waals surface area (Å²) in [6.45, 7) is 2.45. The highest BCUT2D eigenvalue weighted by molar-refractivity contribution is 5.71. The number of carboxylic acid groups (broad SMARTS) is 1. The molecule has 1 aromatic heterocycles. The van der Waals surface area contributed by atoms with Crippen molar-refractivity contribution in [2.24, 2.45) is 0 Å². The second-order valence-corrected chi connectivity index (χ2v) is 3.52. The first kappa shape index (κ1) is 9.71. The van der Waals surface area contributed by atoms with Gasteiger partial charge in [0.05, 0.1) is 6.42 Å². The number of aromatic amines is 1. The number of aliphatic carboxylic acids is 1. The number of hydrogen-bond donors (Lipinski definition) is 2. The smallest absolute Gasteiger partial charge is 0.307 e. The van der Waals surface area contributed by atoms with Crippen LogP contribution in [0.1, 0.15) is 12.2 Å². The van der Waals surface area contributed by atoms with Crippen molar-refractivity contribution in [3.05, 3.63) is 30.1 Å². The quantitative estimate of drug-likeness (QED) is 0.741. The number of para-hydroxylation sites is 2. The fourth-order valence-electron chi connectivity index (χ4n) is 1.75. The Bertz CT molecular complexity index is 502. The van der Waals surface area contributed by atoms with Crippen molar-refractivity contribution in [2.75, 3.05) is 0 Å². The maximum absolute atomic E-state index is 10.5. The molecule has 0 aliphatic rings. The van der Waals surface area contributed by atoms with Gasteiger partial charge < -0.3 is 5.11 Å². The molecule has 4 heteroatoms. The van der Waals surface area contributed by atoms with E-state index in [1.165, 1.54) is 0 Å². The molecule has 1 heterocycles. The zero-order chi connectivity index (χ0) is 10.8. The van der Waals surface area contributed by atoms with Crippen molar-refractivity contribution < 1.29 is 14.5 Å². The molecule has 0 atom stereocenters. The Hall–Kier alpha value is -1.84. The van der Waals surface area contributed by atoms with Crippen LogP contribution in [0.15, 0.2) is 24.3 Å². The second kappa shape index (κ2) is 3.73. The lowest BCUT2D eigenvalue weighted by molar-refractivity contribution is -0.676. The molecule has 1 aromatic carbocycles. The Morgan fingerprint density at radius 2 is 2.20 bits per heavy atom. The van der Waals surface area contributed by atoms with Gasteiger partial charge in [0, 0.05) is 6.92 Å². The summed E-state index contributed by atoms with van der Waals surface area (Å²) in [7, 11) is 0. The van der Waals surface area contributed by atoms with Crippen LogP contribution in [0.4, 0.5) is 0 Å².